The highest BCUT2D eigenvalue weighted by Gasteiger charge is 2.20. The summed E-state index contributed by atoms with van der Waals surface area (Å²) in [6.07, 6.45) is 0. The predicted octanol–water partition coefficient (Wildman–Crippen LogP) is 11.5. The van der Waals surface area contributed by atoms with E-state index in [9.17, 15) is 9.60 Å². The maximum absolute atomic E-state index is 9.63. The minimum Gasteiger partial charge on any atom is -0.455 e. The van der Waals surface area contributed by atoms with Gasteiger partial charge in [0.05, 0.1) is 23.3 Å². The highest BCUT2D eigenvalue weighted by atomic mass is 16.3. The van der Waals surface area contributed by atoms with Gasteiger partial charge in [0.15, 0.2) is 0 Å². The third-order valence-electron chi connectivity index (χ3n) is 7.36. The van der Waals surface area contributed by atoms with E-state index >= 15 is 0 Å². The molecule has 0 spiro atoms. The second-order valence-electron chi connectivity index (χ2n) is 9.53. The Bertz CT molecular complexity index is 3340. The Labute approximate surface area is 260 Å². The SMILES string of the molecule is [2H]c1c([2H])c([2H])c2c(-c3cccc4c3oc3ccccc34)c3c([2H])c([2H])c([2H])c([2H])c3c(-c3c([2H])c([2H])c4c(c3[2H])c([2H])c([2H])c3c([2H])c([2H])c([2H])c([2H])c34)c2c1[2H]. The van der Waals surface area contributed by atoms with E-state index in [4.69, 9.17) is 18.1 Å². The summed E-state index contributed by atoms with van der Waals surface area (Å²) >= 11 is 0. The van der Waals surface area contributed by atoms with Crippen molar-refractivity contribution in [3.63, 3.8) is 0 Å². The highest BCUT2D eigenvalue weighted by molar-refractivity contribution is 6.24. The van der Waals surface area contributed by atoms with E-state index in [0.29, 0.717) is 16.4 Å². The Morgan fingerprint density at radius 1 is 0.439 bits per heavy atom. The summed E-state index contributed by atoms with van der Waals surface area (Å²) in [7, 11) is 0. The molecular weight excluding hydrogens is 496 g/mol. The average Bonchev–Trinajstić information content (AvgIpc) is 3.60. The van der Waals surface area contributed by atoms with Crippen LogP contribution < -0.4 is 0 Å². The highest BCUT2D eigenvalue weighted by Crippen LogP contribution is 2.46. The van der Waals surface area contributed by atoms with Crippen LogP contribution in [0.5, 0.6) is 0 Å². The van der Waals surface area contributed by atoms with Gasteiger partial charge in [-0.25, -0.2) is 0 Å². The Morgan fingerprint density at radius 2 is 1.05 bits per heavy atom. The molecule has 0 saturated heterocycles. The number of para-hydroxylation sites is 2. The lowest BCUT2D eigenvalue weighted by atomic mass is 9.85. The van der Waals surface area contributed by atoms with Crippen LogP contribution in [0.3, 0.4) is 0 Å². The van der Waals surface area contributed by atoms with Gasteiger partial charge in [-0.2, -0.15) is 0 Å². The second-order valence-corrected chi connectivity index (χ2v) is 9.53. The molecule has 1 heteroatoms. The van der Waals surface area contributed by atoms with Crippen LogP contribution in [0.2, 0.25) is 0 Å². The van der Waals surface area contributed by atoms with Crippen molar-refractivity contribution in [1.29, 1.82) is 0 Å². The topological polar surface area (TPSA) is 13.1 Å². The maximum atomic E-state index is 9.63. The Hall–Kier alpha value is -5.40. The van der Waals surface area contributed by atoms with Crippen LogP contribution in [-0.4, -0.2) is 0 Å². The Balaban J connectivity index is 1.61. The Morgan fingerprint density at radius 3 is 1.83 bits per heavy atom. The molecule has 0 aliphatic heterocycles. The maximum Gasteiger partial charge on any atom is 0.143 e. The summed E-state index contributed by atoms with van der Waals surface area (Å²) in [5, 5.41) is -1.50. The second kappa shape index (κ2) is 8.55. The van der Waals surface area contributed by atoms with Crippen molar-refractivity contribution in [3.8, 4) is 22.3 Å². The first-order valence-electron chi connectivity index (χ1n) is 21.2. The number of fused-ring (bicyclic) bond motifs is 8. The normalized spacial score (nSPS) is 17.7. The molecule has 0 bridgehead atoms. The van der Waals surface area contributed by atoms with Gasteiger partial charge in [0, 0.05) is 21.9 Å². The third kappa shape index (κ3) is 3.24. The van der Waals surface area contributed by atoms with Gasteiger partial charge in [-0.1, -0.05) is 133 Å². The standard InChI is InChI=1S/C40H24O/c1-2-11-28-25(10-1)20-21-26-24-27(22-23-29(26)28)38-31-13-3-5-15-33(31)39(34-16-6-4-14-32(34)38)36-18-9-17-35-30-12-7-8-19-37(30)41-40(35)36/h1-24H/i1D,2D,3D,4D,5D,6D,10D,11D,13D,14D,15D,16D,20D,21D,22D,23D,24D. The lowest BCUT2D eigenvalue weighted by molar-refractivity contribution is 0.670. The van der Waals surface area contributed by atoms with E-state index < -0.39 is 130 Å². The van der Waals surface area contributed by atoms with Gasteiger partial charge >= 0.3 is 0 Å². The molecule has 9 rings (SSSR count). The minimum atomic E-state index is -0.794. The van der Waals surface area contributed by atoms with E-state index in [1.54, 1.807) is 36.4 Å². The Kier molecular flexibility index (Phi) is 2.42. The smallest absolute Gasteiger partial charge is 0.143 e. The summed E-state index contributed by atoms with van der Waals surface area (Å²) in [5.74, 6) is 0. The van der Waals surface area contributed by atoms with E-state index in [1.165, 1.54) is 0 Å². The molecule has 1 heterocycles. The average molecular weight is 538 g/mol. The molecule has 190 valence electrons. The molecule has 0 aliphatic rings. The molecule has 0 unspecified atom stereocenters. The fourth-order valence-electron chi connectivity index (χ4n) is 5.62. The molecule has 41 heavy (non-hydrogen) atoms. The fourth-order valence-corrected chi connectivity index (χ4v) is 5.62. The van der Waals surface area contributed by atoms with Crippen molar-refractivity contribution in [2.45, 2.75) is 0 Å². The van der Waals surface area contributed by atoms with E-state index in [-0.39, 0.29) is 43.6 Å². The zero-order valence-electron chi connectivity index (χ0n) is 37.9. The number of hydrogen-bond donors (Lipinski definition) is 0. The van der Waals surface area contributed by atoms with Crippen molar-refractivity contribution in [1.82, 2.24) is 0 Å². The molecule has 0 amide bonds. The number of furan rings is 1. The summed E-state index contributed by atoms with van der Waals surface area (Å²) in [4.78, 5) is 0. The molecule has 1 aromatic heterocycles. The molecule has 1 nitrogen and oxygen atoms in total. The van der Waals surface area contributed by atoms with Crippen molar-refractivity contribution in [2.75, 3.05) is 0 Å². The summed E-state index contributed by atoms with van der Waals surface area (Å²) in [6, 6.07) is 0.285. The molecule has 9 aromatic rings. The van der Waals surface area contributed by atoms with Gasteiger partial charge in [0.2, 0.25) is 0 Å². The van der Waals surface area contributed by atoms with Crippen LogP contribution in [0.1, 0.15) is 23.3 Å². The van der Waals surface area contributed by atoms with Crippen molar-refractivity contribution in [3.05, 3.63) is 145 Å². The first kappa shape index (κ1) is 11.6. The predicted molar refractivity (Wildman–Crippen MR) is 175 cm³/mol. The molecule has 8 aromatic carbocycles. The van der Waals surface area contributed by atoms with Gasteiger partial charge in [-0.05, 0) is 66.3 Å². The molecule has 0 aliphatic carbocycles. The largest absolute Gasteiger partial charge is 0.455 e. The quantitative estimate of drug-likeness (QED) is 0.158. The van der Waals surface area contributed by atoms with Gasteiger partial charge in [0.1, 0.15) is 11.2 Å². The third-order valence-corrected chi connectivity index (χ3v) is 7.36. The first-order valence-corrected chi connectivity index (χ1v) is 12.7. The molecule has 0 N–H and O–H groups in total. The van der Waals surface area contributed by atoms with Gasteiger partial charge in [0.25, 0.3) is 0 Å². The van der Waals surface area contributed by atoms with Crippen LogP contribution in [0.25, 0.3) is 87.3 Å². The number of hydrogen-bond acceptors (Lipinski definition) is 1. The molecule has 0 saturated carbocycles. The van der Waals surface area contributed by atoms with Crippen LogP contribution in [-0.2, 0) is 0 Å². The monoisotopic (exact) mass is 537 g/mol. The van der Waals surface area contributed by atoms with E-state index in [1.807, 2.05) is 6.07 Å². The zero-order valence-corrected chi connectivity index (χ0v) is 20.9. The lowest BCUT2D eigenvalue weighted by Crippen LogP contribution is -1.91. The van der Waals surface area contributed by atoms with Crippen LogP contribution >= 0.6 is 0 Å². The van der Waals surface area contributed by atoms with Gasteiger partial charge < -0.3 is 4.42 Å². The molecule has 0 atom stereocenters. The van der Waals surface area contributed by atoms with Gasteiger partial charge in [-0.15, -0.1) is 0 Å². The van der Waals surface area contributed by atoms with E-state index in [0.717, 1.165) is 0 Å². The van der Waals surface area contributed by atoms with Crippen molar-refractivity contribution in [2.24, 2.45) is 0 Å². The van der Waals surface area contributed by atoms with Gasteiger partial charge in [-0.3, -0.25) is 0 Å². The van der Waals surface area contributed by atoms with Crippen LogP contribution in [0.4, 0.5) is 0 Å². The molecule has 0 radical (unpaired) electrons. The minimum absolute atomic E-state index is 0.0426. The first-order chi connectivity index (χ1) is 27.4. The summed E-state index contributed by atoms with van der Waals surface area (Å²) < 4.78 is 159. The number of rotatable bonds is 2. The number of benzene rings is 8. The van der Waals surface area contributed by atoms with Crippen molar-refractivity contribution < 1.29 is 27.7 Å². The lowest BCUT2D eigenvalue weighted by Gasteiger charge is -2.18. The van der Waals surface area contributed by atoms with E-state index in [2.05, 4.69) is 0 Å². The van der Waals surface area contributed by atoms with Crippen LogP contribution in [0.15, 0.2) is 150 Å². The fraction of sp³-hybridized carbons (Fsp3) is 0. The molecular formula is C40H24O. The summed E-state index contributed by atoms with van der Waals surface area (Å²) in [5.41, 5.74) is -0.0686. The zero-order chi connectivity index (χ0) is 41.7. The van der Waals surface area contributed by atoms with Crippen molar-refractivity contribution >= 4 is 65.0 Å². The van der Waals surface area contributed by atoms with Crippen LogP contribution in [0, 0.1) is 0 Å². The molecule has 0 fully saturated rings. The summed E-state index contributed by atoms with van der Waals surface area (Å²) in [6.45, 7) is 0.